The molecule has 1 saturated heterocycles. The van der Waals surface area contributed by atoms with Crippen LogP contribution in [0, 0.1) is 18.3 Å². The van der Waals surface area contributed by atoms with Gasteiger partial charge in [-0.1, -0.05) is 18.2 Å². The lowest BCUT2D eigenvalue weighted by Gasteiger charge is -2.28. The zero-order valence-corrected chi connectivity index (χ0v) is 22.2. The number of carbonyl (C=O) groups is 1. The number of nitrogens with zero attached hydrogens (tertiary/aromatic N) is 6. The van der Waals surface area contributed by atoms with Gasteiger partial charge in [0, 0.05) is 24.8 Å². The van der Waals surface area contributed by atoms with Crippen LogP contribution in [-0.2, 0) is 24.3 Å². The van der Waals surface area contributed by atoms with Crippen LogP contribution in [0.25, 0.3) is 21.6 Å². The smallest absolute Gasteiger partial charge is 0.354 e. The fourth-order valence-electron chi connectivity index (χ4n) is 5.17. The first-order valence-electron chi connectivity index (χ1n) is 13.5. The van der Waals surface area contributed by atoms with Crippen LogP contribution in [0.3, 0.4) is 0 Å². The van der Waals surface area contributed by atoms with Crippen LogP contribution in [0.1, 0.15) is 53.3 Å². The van der Waals surface area contributed by atoms with Crippen molar-refractivity contribution in [3.63, 3.8) is 0 Å². The monoisotopic (exact) mass is 554 g/mol. The summed E-state index contributed by atoms with van der Waals surface area (Å²) in [5, 5.41) is 9.42. The van der Waals surface area contributed by atoms with E-state index in [0.29, 0.717) is 29.2 Å². The molecule has 1 fully saturated rings. The lowest BCUT2D eigenvalue weighted by Crippen LogP contribution is -2.32. The average Bonchev–Trinajstić information content (AvgIpc) is 3.30. The SMILES string of the molecule is [C-]#[N+]c1ccc(COc2nccc(C3=CCC(Cc4nc5ccc(C(=O)O)nc5n4C[C@@H]4CCO4)CC3)n2)c(F)c1. The van der Waals surface area contributed by atoms with Gasteiger partial charge in [-0.3, -0.25) is 0 Å². The number of allylic oxidation sites excluding steroid dienone is 2. The maximum Gasteiger partial charge on any atom is 0.354 e. The minimum absolute atomic E-state index is 0.00121. The second-order valence-electron chi connectivity index (χ2n) is 10.2. The Morgan fingerprint density at radius 3 is 2.78 bits per heavy atom. The molecule has 0 spiro atoms. The van der Waals surface area contributed by atoms with Gasteiger partial charge in [-0.2, -0.15) is 4.98 Å². The number of benzene rings is 1. The molecule has 208 valence electrons. The van der Waals surface area contributed by atoms with Gasteiger partial charge < -0.3 is 19.1 Å². The predicted octanol–water partition coefficient (Wildman–Crippen LogP) is 5.40. The second kappa shape index (κ2) is 11.4. The molecule has 41 heavy (non-hydrogen) atoms. The Labute approximate surface area is 235 Å². The van der Waals surface area contributed by atoms with Gasteiger partial charge in [0.05, 0.1) is 24.9 Å². The number of hydrogen-bond donors (Lipinski definition) is 1. The number of imidazole rings is 1. The molecule has 4 heterocycles. The van der Waals surface area contributed by atoms with Crippen molar-refractivity contribution in [2.24, 2.45) is 5.92 Å². The summed E-state index contributed by atoms with van der Waals surface area (Å²) in [4.78, 5) is 32.7. The van der Waals surface area contributed by atoms with E-state index in [1.165, 1.54) is 18.2 Å². The maximum atomic E-state index is 14.2. The van der Waals surface area contributed by atoms with Crippen LogP contribution in [0.15, 0.2) is 48.7 Å². The lowest BCUT2D eigenvalue weighted by molar-refractivity contribution is -0.0591. The molecule has 2 atom stereocenters. The van der Waals surface area contributed by atoms with Gasteiger partial charge in [-0.15, -0.1) is 0 Å². The number of aromatic carboxylic acids is 1. The first kappa shape index (κ1) is 26.5. The number of hydrogen-bond acceptors (Lipinski definition) is 7. The fourth-order valence-corrected chi connectivity index (χ4v) is 5.17. The minimum Gasteiger partial charge on any atom is -0.477 e. The van der Waals surface area contributed by atoms with Crippen molar-refractivity contribution in [2.45, 2.75) is 51.4 Å². The van der Waals surface area contributed by atoms with Gasteiger partial charge in [0.25, 0.3) is 0 Å². The van der Waals surface area contributed by atoms with Crippen LogP contribution >= 0.6 is 0 Å². The van der Waals surface area contributed by atoms with E-state index in [4.69, 9.17) is 21.0 Å². The fraction of sp³-hybridized carbons (Fsp3) is 0.333. The van der Waals surface area contributed by atoms with E-state index in [1.807, 2.05) is 10.6 Å². The molecular weight excluding hydrogens is 527 g/mol. The third-order valence-corrected chi connectivity index (χ3v) is 7.55. The molecule has 2 aliphatic rings. The zero-order chi connectivity index (χ0) is 28.3. The number of fused-ring (bicyclic) bond motifs is 1. The van der Waals surface area contributed by atoms with Gasteiger partial charge in [-0.25, -0.2) is 29.0 Å². The molecule has 0 saturated carbocycles. The van der Waals surface area contributed by atoms with E-state index in [0.717, 1.165) is 55.8 Å². The van der Waals surface area contributed by atoms with E-state index in [9.17, 15) is 14.3 Å². The number of halogens is 1. The highest BCUT2D eigenvalue weighted by Crippen LogP contribution is 2.32. The van der Waals surface area contributed by atoms with Crippen molar-refractivity contribution in [1.82, 2.24) is 24.5 Å². The normalized spacial score (nSPS) is 18.4. The first-order chi connectivity index (χ1) is 20.0. The highest BCUT2D eigenvalue weighted by Gasteiger charge is 2.25. The van der Waals surface area contributed by atoms with Crippen LogP contribution in [-0.4, -0.2) is 48.3 Å². The Morgan fingerprint density at radius 2 is 2.07 bits per heavy atom. The molecule has 1 unspecified atom stereocenters. The summed E-state index contributed by atoms with van der Waals surface area (Å²) in [7, 11) is 0. The Hall–Kier alpha value is -4.69. The van der Waals surface area contributed by atoms with Crippen molar-refractivity contribution in [2.75, 3.05) is 6.61 Å². The van der Waals surface area contributed by atoms with Crippen molar-refractivity contribution >= 4 is 28.4 Å². The topological polar surface area (TPSA) is 117 Å². The van der Waals surface area contributed by atoms with Crippen LogP contribution in [0.5, 0.6) is 6.01 Å². The third kappa shape index (κ3) is 5.78. The van der Waals surface area contributed by atoms with Crippen molar-refractivity contribution in [3.05, 3.63) is 88.7 Å². The highest BCUT2D eigenvalue weighted by molar-refractivity contribution is 5.88. The predicted molar refractivity (Wildman–Crippen MR) is 147 cm³/mol. The number of ether oxygens (including phenoxy) is 2. The molecule has 1 aromatic carbocycles. The number of rotatable bonds is 9. The van der Waals surface area contributed by atoms with Crippen molar-refractivity contribution in [3.8, 4) is 6.01 Å². The Morgan fingerprint density at radius 1 is 1.20 bits per heavy atom. The second-order valence-corrected chi connectivity index (χ2v) is 10.2. The number of carboxylic acid groups (broad SMARTS) is 1. The van der Waals surface area contributed by atoms with Gasteiger partial charge in [0.1, 0.15) is 23.8 Å². The molecule has 11 heteroatoms. The van der Waals surface area contributed by atoms with Crippen LogP contribution < -0.4 is 4.74 Å². The molecule has 10 nitrogen and oxygen atoms in total. The summed E-state index contributed by atoms with van der Waals surface area (Å²) in [6.45, 7) is 8.30. The molecule has 6 rings (SSSR count). The molecule has 4 aromatic rings. The maximum absolute atomic E-state index is 14.2. The zero-order valence-electron chi connectivity index (χ0n) is 22.2. The standard InChI is InChI=1S/C30H27FN6O4/c1-32-21-7-6-20(23(31)15-21)17-41-30-33-12-10-24(36-30)19-4-2-18(3-5-19)14-27-34-25-8-9-26(29(38)39)35-28(25)37(27)16-22-11-13-40-22/h4,6-10,12,15,18,22H,2-3,5,11,13-14,16-17H2,(H,38,39)/t18?,22-/m0/s1. The van der Waals surface area contributed by atoms with E-state index in [-0.39, 0.29) is 30.1 Å². The summed E-state index contributed by atoms with van der Waals surface area (Å²) in [5.41, 5.74) is 3.71. The average molecular weight is 555 g/mol. The summed E-state index contributed by atoms with van der Waals surface area (Å²) in [6.07, 6.45) is 8.20. The summed E-state index contributed by atoms with van der Waals surface area (Å²) in [5.74, 6) is -0.314. The Kier molecular flexibility index (Phi) is 7.39. The van der Waals surface area contributed by atoms with Gasteiger partial charge in [0.15, 0.2) is 17.0 Å². The van der Waals surface area contributed by atoms with E-state index < -0.39 is 11.8 Å². The number of aromatic nitrogens is 5. The van der Waals surface area contributed by atoms with Crippen LogP contribution in [0.4, 0.5) is 10.1 Å². The van der Waals surface area contributed by atoms with E-state index >= 15 is 0 Å². The van der Waals surface area contributed by atoms with Crippen molar-refractivity contribution < 1.29 is 23.8 Å². The molecule has 1 aliphatic carbocycles. The van der Waals surface area contributed by atoms with Gasteiger partial charge in [-0.05, 0) is 61.4 Å². The molecule has 1 N–H and O–H groups in total. The Bertz CT molecular complexity index is 1690. The lowest BCUT2D eigenvalue weighted by atomic mass is 9.86. The molecule has 3 aromatic heterocycles. The number of carboxylic acids is 1. The molecule has 0 bridgehead atoms. The highest BCUT2D eigenvalue weighted by atomic mass is 19.1. The first-order valence-corrected chi connectivity index (χ1v) is 13.5. The molecule has 0 amide bonds. The third-order valence-electron chi connectivity index (χ3n) is 7.55. The van der Waals surface area contributed by atoms with Gasteiger partial charge in [0.2, 0.25) is 0 Å². The summed E-state index contributed by atoms with van der Waals surface area (Å²) in [6, 6.07) is 9.49. The quantitative estimate of drug-likeness (QED) is 0.273. The largest absolute Gasteiger partial charge is 0.477 e. The summed E-state index contributed by atoms with van der Waals surface area (Å²) < 4.78 is 27.5. The van der Waals surface area contributed by atoms with Crippen LogP contribution in [0.2, 0.25) is 0 Å². The van der Waals surface area contributed by atoms with Gasteiger partial charge >= 0.3 is 12.0 Å². The van der Waals surface area contributed by atoms with E-state index in [1.54, 1.807) is 18.3 Å². The Balaban J connectivity index is 1.14. The molecule has 1 aliphatic heterocycles. The van der Waals surface area contributed by atoms with Crippen molar-refractivity contribution in [1.29, 1.82) is 0 Å². The minimum atomic E-state index is -1.06. The molecule has 0 radical (unpaired) electrons. The van der Waals surface area contributed by atoms with E-state index in [2.05, 4.69) is 25.9 Å². The molecular formula is C30H27FN6O4. The number of pyridine rings is 1. The summed E-state index contributed by atoms with van der Waals surface area (Å²) >= 11 is 0.